The summed E-state index contributed by atoms with van der Waals surface area (Å²) in [6, 6.07) is 5.74. The van der Waals surface area contributed by atoms with Crippen LogP contribution in [0, 0.1) is 31.6 Å². The number of aryl methyl sites for hydroxylation is 1. The van der Waals surface area contributed by atoms with Crippen LogP contribution in [-0.2, 0) is 0 Å². The average Bonchev–Trinajstić information content (AvgIpc) is 2.70. The van der Waals surface area contributed by atoms with E-state index in [2.05, 4.69) is 26.5 Å². The van der Waals surface area contributed by atoms with Crippen molar-refractivity contribution in [3.8, 4) is 12.3 Å². The van der Waals surface area contributed by atoms with Gasteiger partial charge in [-0.15, -0.1) is 6.42 Å². The third kappa shape index (κ3) is 3.66. The van der Waals surface area contributed by atoms with Gasteiger partial charge in [0.15, 0.2) is 0 Å². The van der Waals surface area contributed by atoms with Gasteiger partial charge in [0.2, 0.25) is 0 Å². The van der Waals surface area contributed by atoms with E-state index in [-0.39, 0.29) is 17.2 Å². The van der Waals surface area contributed by atoms with Gasteiger partial charge in [-0.2, -0.15) is 0 Å². The van der Waals surface area contributed by atoms with Gasteiger partial charge in [-0.1, -0.05) is 24.1 Å². The first-order valence-corrected chi connectivity index (χ1v) is 11.0. The lowest BCUT2D eigenvalue weighted by atomic mass is 9.61. The van der Waals surface area contributed by atoms with Crippen LogP contribution in [0.2, 0.25) is 0 Å². The summed E-state index contributed by atoms with van der Waals surface area (Å²) in [6.45, 7) is 5.39. The molecule has 1 saturated heterocycles. The van der Waals surface area contributed by atoms with Crippen molar-refractivity contribution in [3.05, 3.63) is 63.3 Å². The Labute approximate surface area is 190 Å². The van der Waals surface area contributed by atoms with E-state index in [1.54, 1.807) is 36.7 Å². The molecule has 1 saturated carbocycles. The normalized spacial score (nSPS) is 18.1. The maximum atomic E-state index is 13.4. The number of halogens is 2. The number of nitrogens with zero attached hydrogens (tertiary/aromatic N) is 3. The lowest BCUT2D eigenvalue weighted by Gasteiger charge is -2.54. The number of fused-ring (bicyclic) bond motifs is 1. The van der Waals surface area contributed by atoms with Gasteiger partial charge in [-0.25, -0.2) is 18.7 Å². The molecular formula is C25H25F2N5O. The van der Waals surface area contributed by atoms with Gasteiger partial charge in [0.05, 0.1) is 10.9 Å². The van der Waals surface area contributed by atoms with Crippen molar-refractivity contribution >= 4 is 16.7 Å². The zero-order chi connectivity index (χ0) is 23.3. The molecule has 5 rings (SSSR count). The largest absolute Gasteiger partial charge is 0.352 e. The van der Waals surface area contributed by atoms with Crippen LogP contribution in [0.15, 0.2) is 35.3 Å². The number of pyridine rings is 1. The van der Waals surface area contributed by atoms with Crippen LogP contribution in [0.25, 0.3) is 10.9 Å². The van der Waals surface area contributed by atoms with Gasteiger partial charge in [-0.05, 0) is 43.2 Å². The van der Waals surface area contributed by atoms with Crippen molar-refractivity contribution in [2.45, 2.75) is 45.2 Å². The maximum absolute atomic E-state index is 13.4. The molecule has 1 aliphatic carbocycles. The van der Waals surface area contributed by atoms with Gasteiger partial charge in [0, 0.05) is 37.0 Å². The van der Waals surface area contributed by atoms with Crippen LogP contribution >= 0.6 is 0 Å². The fraction of sp³-hybridized carbons (Fsp3) is 0.400. The van der Waals surface area contributed by atoms with Crippen LogP contribution in [0.5, 0.6) is 0 Å². The molecule has 170 valence electrons. The fourth-order valence-corrected chi connectivity index (χ4v) is 5.10. The molecule has 0 bridgehead atoms. The first-order chi connectivity index (χ1) is 15.8. The summed E-state index contributed by atoms with van der Waals surface area (Å²) in [7, 11) is 0. The zero-order valence-corrected chi connectivity index (χ0v) is 18.5. The van der Waals surface area contributed by atoms with Gasteiger partial charge in [0.1, 0.15) is 17.7 Å². The number of hydrogen-bond donors (Lipinski definition) is 2. The van der Waals surface area contributed by atoms with Gasteiger partial charge < -0.3 is 15.2 Å². The Morgan fingerprint density at radius 2 is 1.97 bits per heavy atom. The molecule has 33 heavy (non-hydrogen) atoms. The lowest BCUT2D eigenvalue weighted by molar-refractivity contribution is 0.00626. The molecule has 1 aromatic carbocycles. The molecule has 2 N–H and O–H groups in total. The van der Waals surface area contributed by atoms with E-state index >= 15 is 0 Å². The SMILES string of the molecule is C#C[C@@H](Nc1nc(C)nc2cc(=O)n(C3CC4(CNC4)C3)cc12)c1cccc(C(F)F)c1C. The molecule has 2 aromatic heterocycles. The van der Waals surface area contributed by atoms with E-state index in [4.69, 9.17) is 6.42 Å². The number of terminal acetylenes is 1. The van der Waals surface area contributed by atoms with E-state index in [0.717, 1.165) is 25.9 Å². The molecule has 2 aliphatic rings. The van der Waals surface area contributed by atoms with Crippen LogP contribution in [-0.4, -0.2) is 27.6 Å². The summed E-state index contributed by atoms with van der Waals surface area (Å²) in [6.07, 6.45) is 6.96. The molecule has 2 fully saturated rings. The number of hydrogen-bond acceptors (Lipinski definition) is 5. The molecule has 1 spiro atoms. The van der Waals surface area contributed by atoms with Crippen molar-refractivity contribution in [2.75, 3.05) is 18.4 Å². The highest BCUT2D eigenvalue weighted by molar-refractivity contribution is 5.88. The highest BCUT2D eigenvalue weighted by atomic mass is 19.3. The molecule has 8 heteroatoms. The smallest absolute Gasteiger partial charge is 0.264 e. The van der Waals surface area contributed by atoms with Crippen LogP contribution in [0.4, 0.5) is 14.6 Å². The van der Waals surface area contributed by atoms with Gasteiger partial charge in [-0.3, -0.25) is 4.79 Å². The van der Waals surface area contributed by atoms with E-state index in [1.165, 1.54) is 12.1 Å². The number of rotatable bonds is 5. The number of anilines is 1. The molecule has 6 nitrogen and oxygen atoms in total. The number of aromatic nitrogens is 3. The third-order valence-electron chi connectivity index (χ3n) is 7.01. The Balaban J connectivity index is 1.53. The average molecular weight is 450 g/mol. The summed E-state index contributed by atoms with van der Waals surface area (Å²) < 4.78 is 28.6. The predicted octanol–water partition coefficient (Wildman–Crippen LogP) is 4.06. The van der Waals surface area contributed by atoms with Crippen molar-refractivity contribution in [1.82, 2.24) is 19.9 Å². The summed E-state index contributed by atoms with van der Waals surface area (Å²) >= 11 is 0. The molecule has 0 unspecified atom stereocenters. The summed E-state index contributed by atoms with van der Waals surface area (Å²) in [5.41, 5.74) is 1.75. The van der Waals surface area contributed by atoms with Crippen molar-refractivity contribution in [1.29, 1.82) is 0 Å². The summed E-state index contributed by atoms with van der Waals surface area (Å²) in [5.74, 6) is 3.63. The summed E-state index contributed by atoms with van der Waals surface area (Å²) in [4.78, 5) is 21.8. The minimum atomic E-state index is -2.59. The Hall–Kier alpha value is -3.31. The van der Waals surface area contributed by atoms with Crippen LogP contribution in [0.3, 0.4) is 0 Å². The van der Waals surface area contributed by atoms with E-state index in [0.29, 0.717) is 39.1 Å². The second-order valence-electron chi connectivity index (χ2n) is 9.21. The number of nitrogens with one attached hydrogen (secondary N) is 2. The third-order valence-corrected chi connectivity index (χ3v) is 7.01. The zero-order valence-electron chi connectivity index (χ0n) is 18.5. The molecule has 0 amide bonds. The Kier molecular flexibility index (Phi) is 5.17. The molecule has 1 aliphatic heterocycles. The first-order valence-electron chi connectivity index (χ1n) is 11.0. The summed E-state index contributed by atoms with van der Waals surface area (Å²) in [5, 5.41) is 7.23. The maximum Gasteiger partial charge on any atom is 0.264 e. The standard InChI is InChI=1S/C25H25F2N5O/c1-4-20(17-6-5-7-18(14(17)2)23(26)27)31-24-19-11-32(16-9-25(10-16)12-28-13-25)22(33)8-21(19)29-15(3)30-24/h1,5-8,11,16,20,23,28H,9-10,12-13H2,2-3H3,(H,29,30,31)/t20-/m1/s1. The minimum Gasteiger partial charge on any atom is -0.352 e. The quantitative estimate of drug-likeness (QED) is 0.575. The lowest BCUT2D eigenvalue weighted by Crippen LogP contribution is -2.61. The molecule has 3 aromatic rings. The topological polar surface area (TPSA) is 71.8 Å². The van der Waals surface area contributed by atoms with Gasteiger partial charge in [0.25, 0.3) is 12.0 Å². The number of alkyl halides is 2. The van der Waals surface area contributed by atoms with E-state index < -0.39 is 12.5 Å². The second kappa shape index (κ2) is 7.92. The molecular weight excluding hydrogens is 424 g/mol. The first kappa shape index (κ1) is 21.5. The second-order valence-corrected chi connectivity index (χ2v) is 9.21. The molecule has 3 heterocycles. The van der Waals surface area contributed by atoms with Crippen LogP contribution < -0.4 is 16.2 Å². The van der Waals surface area contributed by atoms with E-state index in [9.17, 15) is 13.6 Å². The van der Waals surface area contributed by atoms with E-state index in [1.807, 2.05) is 0 Å². The van der Waals surface area contributed by atoms with Crippen molar-refractivity contribution in [3.63, 3.8) is 0 Å². The Bertz CT molecular complexity index is 1330. The predicted molar refractivity (Wildman–Crippen MR) is 123 cm³/mol. The highest BCUT2D eigenvalue weighted by Crippen LogP contribution is 2.50. The fourth-order valence-electron chi connectivity index (χ4n) is 5.10. The van der Waals surface area contributed by atoms with Crippen LogP contribution in [0.1, 0.15) is 53.9 Å². The van der Waals surface area contributed by atoms with Crippen molar-refractivity contribution < 1.29 is 8.78 Å². The van der Waals surface area contributed by atoms with Crippen molar-refractivity contribution in [2.24, 2.45) is 5.41 Å². The molecule has 0 radical (unpaired) electrons. The molecule has 1 atom stereocenters. The monoisotopic (exact) mass is 449 g/mol. The van der Waals surface area contributed by atoms with Gasteiger partial charge >= 0.3 is 0 Å². The Morgan fingerprint density at radius 1 is 1.24 bits per heavy atom. The Morgan fingerprint density at radius 3 is 2.61 bits per heavy atom. The minimum absolute atomic E-state index is 0.0449. The number of benzene rings is 1. The highest BCUT2D eigenvalue weighted by Gasteiger charge is 2.49.